The first-order chi connectivity index (χ1) is 9.29. The first kappa shape index (κ1) is 12.0. The van der Waals surface area contributed by atoms with Gasteiger partial charge >= 0.3 is 0 Å². The van der Waals surface area contributed by atoms with Gasteiger partial charge in [-0.15, -0.1) is 0 Å². The Kier molecular flexibility index (Phi) is 2.91. The molecule has 19 heavy (non-hydrogen) atoms. The fraction of sp³-hybridized carbons (Fsp3) is 0.667. The van der Waals surface area contributed by atoms with Crippen molar-refractivity contribution in [2.24, 2.45) is 17.8 Å². The molecule has 102 valence electrons. The van der Waals surface area contributed by atoms with Crippen LogP contribution in [0.1, 0.15) is 43.7 Å². The van der Waals surface area contributed by atoms with Crippen LogP contribution in [0.2, 0.25) is 0 Å². The Balaban J connectivity index is 1.53. The summed E-state index contributed by atoms with van der Waals surface area (Å²) >= 11 is 0. The molecule has 2 saturated carbocycles. The van der Waals surface area contributed by atoms with Crippen LogP contribution >= 0.6 is 0 Å². The average molecular weight is 255 g/mol. The maximum atomic E-state index is 4.02. The van der Waals surface area contributed by atoms with Crippen LogP contribution < -0.4 is 5.32 Å². The molecule has 0 heterocycles. The highest BCUT2D eigenvalue weighted by Crippen LogP contribution is 2.41. The van der Waals surface area contributed by atoms with Crippen molar-refractivity contribution in [3.8, 4) is 0 Å². The minimum atomic E-state index is 0.796. The maximum Gasteiger partial charge on any atom is 0.0132 e. The van der Waals surface area contributed by atoms with Crippen molar-refractivity contribution in [1.29, 1.82) is 0 Å². The van der Waals surface area contributed by atoms with E-state index in [0.717, 1.165) is 29.8 Å². The Bertz CT molecular complexity index is 428. The van der Waals surface area contributed by atoms with E-state index in [4.69, 9.17) is 0 Å². The molecule has 1 N–H and O–H groups in total. The zero-order valence-corrected chi connectivity index (χ0v) is 11.9. The molecule has 2 unspecified atom stereocenters. The van der Waals surface area contributed by atoms with Crippen LogP contribution in [0.5, 0.6) is 0 Å². The fourth-order valence-corrected chi connectivity index (χ4v) is 4.73. The highest BCUT2D eigenvalue weighted by molar-refractivity contribution is 5.30. The Morgan fingerprint density at radius 1 is 0.947 bits per heavy atom. The van der Waals surface area contributed by atoms with E-state index in [2.05, 4.69) is 36.5 Å². The van der Waals surface area contributed by atoms with Crippen LogP contribution in [0.3, 0.4) is 0 Å². The third-order valence-corrected chi connectivity index (χ3v) is 5.81. The Morgan fingerprint density at radius 3 is 2.05 bits per heavy atom. The average Bonchev–Trinajstić information content (AvgIpc) is 2.64. The second-order valence-electron chi connectivity index (χ2n) is 7.24. The third-order valence-electron chi connectivity index (χ3n) is 5.81. The summed E-state index contributed by atoms with van der Waals surface area (Å²) in [6.45, 7) is 2.38. The Hall–Kier alpha value is -0.820. The lowest BCUT2D eigenvalue weighted by Gasteiger charge is -2.38. The molecule has 1 aromatic rings. The number of nitrogens with one attached hydrogen (secondary N) is 1. The van der Waals surface area contributed by atoms with Gasteiger partial charge in [-0.1, -0.05) is 31.2 Å². The monoisotopic (exact) mass is 255 g/mol. The SMILES string of the molecule is CC1CC(NC2C3CCC2Cc2ccccc2C3)C1. The second-order valence-corrected chi connectivity index (χ2v) is 7.24. The largest absolute Gasteiger partial charge is 0.311 e. The van der Waals surface area contributed by atoms with E-state index in [1.807, 2.05) is 0 Å². The minimum absolute atomic E-state index is 0.796. The van der Waals surface area contributed by atoms with Crippen LogP contribution in [-0.2, 0) is 12.8 Å². The number of rotatable bonds is 2. The van der Waals surface area contributed by atoms with Gasteiger partial charge < -0.3 is 5.32 Å². The molecule has 0 radical (unpaired) electrons. The Morgan fingerprint density at radius 2 is 1.53 bits per heavy atom. The molecule has 3 aliphatic carbocycles. The number of hydrogen-bond acceptors (Lipinski definition) is 1. The summed E-state index contributed by atoms with van der Waals surface area (Å²) in [7, 11) is 0. The predicted octanol–water partition coefficient (Wildman–Crippen LogP) is 3.57. The van der Waals surface area contributed by atoms with Gasteiger partial charge in [-0.25, -0.2) is 0 Å². The molecule has 4 rings (SSSR count). The van der Waals surface area contributed by atoms with Crippen molar-refractivity contribution in [2.45, 2.75) is 57.5 Å². The van der Waals surface area contributed by atoms with Crippen molar-refractivity contribution in [1.82, 2.24) is 5.32 Å². The molecule has 0 spiro atoms. The third kappa shape index (κ3) is 2.12. The van der Waals surface area contributed by atoms with Gasteiger partial charge in [0.25, 0.3) is 0 Å². The van der Waals surface area contributed by atoms with Crippen LogP contribution in [0.15, 0.2) is 24.3 Å². The number of hydrogen-bond donors (Lipinski definition) is 1. The van der Waals surface area contributed by atoms with E-state index in [9.17, 15) is 0 Å². The van der Waals surface area contributed by atoms with Crippen molar-refractivity contribution in [3.63, 3.8) is 0 Å². The van der Waals surface area contributed by atoms with Crippen molar-refractivity contribution in [2.75, 3.05) is 0 Å². The molecule has 1 heteroatoms. The summed E-state index contributed by atoms with van der Waals surface area (Å²) in [4.78, 5) is 0. The van der Waals surface area contributed by atoms with Crippen molar-refractivity contribution < 1.29 is 0 Å². The van der Waals surface area contributed by atoms with E-state index in [-0.39, 0.29) is 0 Å². The molecule has 0 amide bonds. The molecule has 3 aliphatic rings. The molecule has 0 aromatic heterocycles. The lowest BCUT2D eigenvalue weighted by Crippen LogP contribution is -2.49. The molecule has 0 saturated heterocycles. The van der Waals surface area contributed by atoms with Gasteiger partial charge in [-0.05, 0) is 67.4 Å². The molecule has 1 aromatic carbocycles. The van der Waals surface area contributed by atoms with E-state index >= 15 is 0 Å². The lowest BCUT2D eigenvalue weighted by molar-refractivity contribution is 0.191. The van der Waals surface area contributed by atoms with E-state index in [0.29, 0.717) is 0 Å². The molecule has 2 atom stereocenters. The summed E-state index contributed by atoms with van der Waals surface area (Å²) in [6, 6.07) is 10.8. The summed E-state index contributed by atoms with van der Waals surface area (Å²) in [5, 5.41) is 4.02. The van der Waals surface area contributed by atoms with E-state index in [1.165, 1.54) is 38.5 Å². The second kappa shape index (κ2) is 4.63. The maximum absolute atomic E-state index is 4.02. The Labute approximate surface area is 116 Å². The quantitative estimate of drug-likeness (QED) is 0.852. The number of benzene rings is 1. The predicted molar refractivity (Wildman–Crippen MR) is 79.2 cm³/mol. The zero-order chi connectivity index (χ0) is 12.8. The van der Waals surface area contributed by atoms with Gasteiger partial charge in [0.05, 0.1) is 0 Å². The first-order valence-corrected chi connectivity index (χ1v) is 8.12. The van der Waals surface area contributed by atoms with Gasteiger partial charge in [0.15, 0.2) is 0 Å². The molecular formula is C18H25N. The van der Waals surface area contributed by atoms with Crippen molar-refractivity contribution >= 4 is 0 Å². The van der Waals surface area contributed by atoms with Gasteiger partial charge in [0.2, 0.25) is 0 Å². The molecule has 2 bridgehead atoms. The van der Waals surface area contributed by atoms with E-state index in [1.54, 1.807) is 11.1 Å². The molecule has 1 nitrogen and oxygen atoms in total. The van der Waals surface area contributed by atoms with Gasteiger partial charge in [-0.3, -0.25) is 0 Å². The van der Waals surface area contributed by atoms with Crippen LogP contribution in [0.4, 0.5) is 0 Å². The number of fused-ring (bicyclic) bond motifs is 3. The first-order valence-electron chi connectivity index (χ1n) is 8.12. The summed E-state index contributed by atoms with van der Waals surface area (Å²) < 4.78 is 0. The van der Waals surface area contributed by atoms with Crippen LogP contribution in [0, 0.1) is 17.8 Å². The van der Waals surface area contributed by atoms with Crippen molar-refractivity contribution in [3.05, 3.63) is 35.4 Å². The van der Waals surface area contributed by atoms with Crippen LogP contribution in [0.25, 0.3) is 0 Å². The summed E-state index contributed by atoms with van der Waals surface area (Å²) in [6.07, 6.45) is 8.32. The molecule has 0 aliphatic heterocycles. The molecular weight excluding hydrogens is 230 g/mol. The summed E-state index contributed by atoms with van der Waals surface area (Å²) in [5.41, 5.74) is 3.26. The minimum Gasteiger partial charge on any atom is -0.311 e. The van der Waals surface area contributed by atoms with Gasteiger partial charge in [0.1, 0.15) is 0 Å². The zero-order valence-electron chi connectivity index (χ0n) is 11.9. The standard InChI is InChI=1S/C18H25N/c1-12-8-17(9-12)19-18-15-6-7-16(18)11-14-5-3-2-4-13(14)10-15/h2-5,12,15-19H,6-11H2,1H3. The normalized spacial score (nSPS) is 40.4. The fourth-order valence-electron chi connectivity index (χ4n) is 4.73. The van der Waals surface area contributed by atoms with Gasteiger partial charge in [-0.2, -0.15) is 0 Å². The van der Waals surface area contributed by atoms with Crippen LogP contribution in [-0.4, -0.2) is 12.1 Å². The lowest BCUT2D eigenvalue weighted by atomic mass is 9.80. The smallest absolute Gasteiger partial charge is 0.0132 e. The topological polar surface area (TPSA) is 12.0 Å². The van der Waals surface area contributed by atoms with Gasteiger partial charge in [0, 0.05) is 12.1 Å². The summed E-state index contributed by atoms with van der Waals surface area (Å²) in [5.74, 6) is 2.74. The van der Waals surface area contributed by atoms with E-state index < -0.39 is 0 Å². The highest BCUT2D eigenvalue weighted by atomic mass is 15.0. The highest BCUT2D eigenvalue weighted by Gasteiger charge is 2.41. The molecule has 2 fully saturated rings.